The van der Waals surface area contributed by atoms with Crippen molar-refractivity contribution in [1.29, 1.82) is 0 Å². The highest BCUT2D eigenvalue weighted by Crippen LogP contribution is 2.31. The SMILES string of the molecule is CC(=O)N(c1nc(/C=C/C(=O)N(CCO)Cc2ccccc2)cs1)c1ccccc1F. The molecule has 3 aromatic rings. The summed E-state index contributed by atoms with van der Waals surface area (Å²) in [5, 5.41) is 11.3. The first-order valence-corrected chi connectivity index (χ1v) is 10.5. The van der Waals surface area contributed by atoms with Crippen molar-refractivity contribution in [2.45, 2.75) is 13.5 Å². The maximum atomic E-state index is 14.2. The quantitative estimate of drug-likeness (QED) is 0.539. The summed E-state index contributed by atoms with van der Waals surface area (Å²) >= 11 is 1.17. The molecule has 1 heterocycles. The largest absolute Gasteiger partial charge is 0.395 e. The number of carbonyl (C=O) groups is 2. The molecule has 0 saturated carbocycles. The van der Waals surface area contributed by atoms with Crippen LogP contribution >= 0.6 is 11.3 Å². The van der Waals surface area contributed by atoms with Gasteiger partial charge >= 0.3 is 0 Å². The van der Waals surface area contributed by atoms with Crippen LogP contribution in [-0.2, 0) is 16.1 Å². The van der Waals surface area contributed by atoms with Gasteiger partial charge in [0.15, 0.2) is 5.13 Å². The smallest absolute Gasteiger partial charge is 0.247 e. The molecule has 0 unspecified atom stereocenters. The second-order valence-corrected chi connectivity index (χ2v) is 7.50. The van der Waals surface area contributed by atoms with Crippen LogP contribution in [0.25, 0.3) is 6.08 Å². The highest BCUT2D eigenvalue weighted by atomic mass is 32.1. The fraction of sp³-hybridized carbons (Fsp3) is 0.174. The minimum absolute atomic E-state index is 0.118. The predicted octanol–water partition coefficient (Wildman–Crippen LogP) is 4.00. The molecule has 0 aliphatic heterocycles. The van der Waals surface area contributed by atoms with Crippen molar-refractivity contribution in [2.75, 3.05) is 18.1 Å². The molecule has 0 saturated heterocycles. The van der Waals surface area contributed by atoms with E-state index in [0.29, 0.717) is 17.4 Å². The molecule has 2 amide bonds. The lowest BCUT2D eigenvalue weighted by molar-refractivity contribution is -0.127. The fourth-order valence-electron chi connectivity index (χ4n) is 2.95. The number of carbonyl (C=O) groups excluding carboxylic acids is 2. The van der Waals surface area contributed by atoms with E-state index in [1.807, 2.05) is 30.3 Å². The van der Waals surface area contributed by atoms with Gasteiger partial charge in [-0.1, -0.05) is 42.5 Å². The summed E-state index contributed by atoms with van der Waals surface area (Å²) < 4.78 is 14.2. The number of para-hydroxylation sites is 1. The van der Waals surface area contributed by atoms with Crippen LogP contribution in [0.5, 0.6) is 0 Å². The minimum atomic E-state index is -0.527. The molecule has 1 aromatic heterocycles. The van der Waals surface area contributed by atoms with Gasteiger partial charge in [0.1, 0.15) is 5.82 Å². The molecule has 1 N–H and O–H groups in total. The Balaban J connectivity index is 1.76. The van der Waals surface area contributed by atoms with Gasteiger partial charge in [0, 0.05) is 31.5 Å². The number of aliphatic hydroxyl groups excluding tert-OH is 1. The summed E-state index contributed by atoms with van der Waals surface area (Å²) in [5.74, 6) is -1.17. The molecular formula is C23H22FN3O3S. The molecule has 0 bridgehead atoms. The Kier molecular flexibility index (Phi) is 7.64. The maximum absolute atomic E-state index is 14.2. The lowest BCUT2D eigenvalue weighted by Gasteiger charge is -2.20. The molecule has 3 rings (SSSR count). The van der Waals surface area contributed by atoms with Crippen molar-refractivity contribution in [3.05, 3.63) is 83.1 Å². The molecule has 8 heteroatoms. The van der Waals surface area contributed by atoms with Gasteiger partial charge in [-0.05, 0) is 23.8 Å². The second-order valence-electron chi connectivity index (χ2n) is 6.66. The first-order chi connectivity index (χ1) is 15.0. The molecular weight excluding hydrogens is 417 g/mol. The third-order valence-electron chi connectivity index (χ3n) is 4.40. The Morgan fingerprint density at radius 3 is 2.52 bits per heavy atom. The topological polar surface area (TPSA) is 73.7 Å². The summed E-state index contributed by atoms with van der Waals surface area (Å²) in [6, 6.07) is 15.5. The summed E-state index contributed by atoms with van der Waals surface area (Å²) in [6.07, 6.45) is 2.91. The van der Waals surface area contributed by atoms with Gasteiger partial charge in [-0.3, -0.25) is 14.5 Å². The Hall–Kier alpha value is -3.36. The number of rotatable bonds is 8. The fourth-order valence-corrected chi connectivity index (χ4v) is 3.80. The number of benzene rings is 2. The van der Waals surface area contributed by atoms with Crippen molar-refractivity contribution in [2.24, 2.45) is 0 Å². The van der Waals surface area contributed by atoms with Crippen molar-refractivity contribution in [3.63, 3.8) is 0 Å². The zero-order valence-electron chi connectivity index (χ0n) is 16.9. The molecule has 160 valence electrons. The third-order valence-corrected chi connectivity index (χ3v) is 5.25. The van der Waals surface area contributed by atoms with Gasteiger partial charge in [-0.15, -0.1) is 11.3 Å². The van der Waals surface area contributed by atoms with E-state index in [1.54, 1.807) is 17.5 Å². The van der Waals surface area contributed by atoms with Crippen molar-refractivity contribution in [3.8, 4) is 0 Å². The summed E-state index contributed by atoms with van der Waals surface area (Å²) in [5.41, 5.74) is 1.54. The lowest BCUT2D eigenvalue weighted by Crippen LogP contribution is -2.31. The average molecular weight is 440 g/mol. The summed E-state index contributed by atoms with van der Waals surface area (Å²) in [6.45, 7) is 1.76. The molecule has 2 aromatic carbocycles. The van der Waals surface area contributed by atoms with E-state index in [2.05, 4.69) is 4.98 Å². The number of amides is 2. The zero-order valence-corrected chi connectivity index (χ0v) is 17.8. The summed E-state index contributed by atoms with van der Waals surface area (Å²) in [7, 11) is 0. The van der Waals surface area contributed by atoms with Gasteiger partial charge in [-0.25, -0.2) is 9.37 Å². The van der Waals surface area contributed by atoms with E-state index >= 15 is 0 Å². The zero-order chi connectivity index (χ0) is 22.2. The molecule has 0 spiro atoms. The number of anilines is 2. The number of halogens is 1. The van der Waals surface area contributed by atoms with E-state index in [1.165, 1.54) is 52.3 Å². The van der Waals surface area contributed by atoms with Gasteiger partial charge in [0.05, 0.1) is 18.0 Å². The standard InChI is InChI=1S/C23H22FN3O3S/c1-17(29)27(21-10-6-5-9-20(21)24)23-25-19(16-31-23)11-12-22(30)26(13-14-28)15-18-7-3-2-4-8-18/h2-12,16,28H,13-15H2,1H3/b12-11+. The van der Waals surface area contributed by atoms with Crippen LogP contribution in [-0.4, -0.2) is 40.0 Å². The normalized spacial score (nSPS) is 10.9. The van der Waals surface area contributed by atoms with Crippen LogP contribution in [0.4, 0.5) is 15.2 Å². The number of aromatic nitrogens is 1. The van der Waals surface area contributed by atoms with Gasteiger partial charge in [0.2, 0.25) is 11.8 Å². The van der Waals surface area contributed by atoms with Crippen molar-refractivity contribution < 1.29 is 19.1 Å². The predicted molar refractivity (Wildman–Crippen MR) is 119 cm³/mol. The molecule has 31 heavy (non-hydrogen) atoms. The van der Waals surface area contributed by atoms with E-state index in [9.17, 15) is 19.1 Å². The number of hydrogen-bond acceptors (Lipinski definition) is 5. The molecule has 0 radical (unpaired) electrons. The Morgan fingerprint density at radius 2 is 1.84 bits per heavy atom. The lowest BCUT2D eigenvalue weighted by atomic mass is 10.2. The van der Waals surface area contributed by atoms with E-state index < -0.39 is 5.82 Å². The number of hydrogen-bond donors (Lipinski definition) is 1. The van der Waals surface area contributed by atoms with Crippen LogP contribution in [0.2, 0.25) is 0 Å². The Morgan fingerprint density at radius 1 is 1.13 bits per heavy atom. The minimum Gasteiger partial charge on any atom is -0.395 e. The van der Waals surface area contributed by atoms with Crippen LogP contribution < -0.4 is 4.90 Å². The number of thiazole rings is 1. The highest BCUT2D eigenvalue weighted by molar-refractivity contribution is 7.14. The Bertz CT molecular complexity index is 1070. The van der Waals surface area contributed by atoms with E-state index in [0.717, 1.165) is 5.56 Å². The Labute approximate surface area is 183 Å². The number of aliphatic hydroxyl groups is 1. The first kappa shape index (κ1) is 22.3. The molecule has 0 aliphatic carbocycles. The van der Waals surface area contributed by atoms with E-state index in [4.69, 9.17) is 0 Å². The van der Waals surface area contributed by atoms with Gasteiger partial charge in [0.25, 0.3) is 0 Å². The van der Waals surface area contributed by atoms with Gasteiger partial charge in [-0.2, -0.15) is 0 Å². The van der Waals surface area contributed by atoms with Crippen LogP contribution in [0.15, 0.2) is 66.1 Å². The first-order valence-electron chi connectivity index (χ1n) is 9.62. The third kappa shape index (κ3) is 5.84. The molecule has 0 atom stereocenters. The molecule has 6 nitrogen and oxygen atoms in total. The monoisotopic (exact) mass is 439 g/mol. The van der Waals surface area contributed by atoms with E-state index in [-0.39, 0.29) is 30.7 Å². The average Bonchev–Trinajstić information content (AvgIpc) is 3.22. The van der Waals surface area contributed by atoms with Crippen LogP contribution in [0.3, 0.4) is 0 Å². The van der Waals surface area contributed by atoms with Crippen LogP contribution in [0, 0.1) is 5.82 Å². The molecule has 0 aliphatic rings. The van der Waals surface area contributed by atoms with Crippen molar-refractivity contribution in [1.82, 2.24) is 9.88 Å². The molecule has 0 fully saturated rings. The second kappa shape index (κ2) is 10.6. The highest BCUT2D eigenvalue weighted by Gasteiger charge is 2.20. The van der Waals surface area contributed by atoms with Crippen LogP contribution in [0.1, 0.15) is 18.2 Å². The summed E-state index contributed by atoms with van der Waals surface area (Å²) in [4.78, 5) is 31.8. The van der Waals surface area contributed by atoms with Crippen molar-refractivity contribution >= 4 is 40.0 Å². The van der Waals surface area contributed by atoms with Gasteiger partial charge < -0.3 is 10.0 Å². The maximum Gasteiger partial charge on any atom is 0.247 e. The number of nitrogens with zero attached hydrogens (tertiary/aromatic N) is 3.